The summed E-state index contributed by atoms with van der Waals surface area (Å²) in [5.41, 5.74) is 0.683. The SMILES string of the molecule is O=C(Nc1ccc(-n2cncn2)nc1)C1CCCN1. The molecule has 0 aromatic carbocycles. The normalized spacial score (nSPS) is 18.4. The van der Waals surface area contributed by atoms with Crippen molar-refractivity contribution in [3.8, 4) is 5.82 Å². The van der Waals surface area contributed by atoms with Crippen LogP contribution in [0.2, 0.25) is 0 Å². The largest absolute Gasteiger partial charge is 0.323 e. The quantitative estimate of drug-likeness (QED) is 0.830. The molecule has 19 heavy (non-hydrogen) atoms. The zero-order valence-corrected chi connectivity index (χ0v) is 10.3. The Morgan fingerprint density at radius 3 is 3.05 bits per heavy atom. The van der Waals surface area contributed by atoms with E-state index in [0.29, 0.717) is 11.5 Å². The van der Waals surface area contributed by atoms with Gasteiger partial charge in [-0.1, -0.05) is 0 Å². The fourth-order valence-electron chi connectivity index (χ4n) is 2.06. The summed E-state index contributed by atoms with van der Waals surface area (Å²) in [6.07, 6.45) is 6.56. The maximum Gasteiger partial charge on any atom is 0.241 e. The van der Waals surface area contributed by atoms with E-state index in [0.717, 1.165) is 19.4 Å². The number of hydrogen-bond donors (Lipinski definition) is 2. The first-order valence-electron chi connectivity index (χ1n) is 6.18. The molecule has 1 aliphatic heterocycles. The Morgan fingerprint density at radius 1 is 1.47 bits per heavy atom. The number of amides is 1. The van der Waals surface area contributed by atoms with E-state index in [-0.39, 0.29) is 11.9 Å². The Kier molecular flexibility index (Phi) is 3.20. The molecule has 98 valence electrons. The van der Waals surface area contributed by atoms with Gasteiger partial charge in [0.15, 0.2) is 5.82 Å². The van der Waals surface area contributed by atoms with Gasteiger partial charge in [0, 0.05) is 0 Å². The number of anilines is 1. The molecular formula is C12H14N6O. The van der Waals surface area contributed by atoms with Crippen LogP contribution >= 0.6 is 0 Å². The molecule has 0 spiro atoms. The summed E-state index contributed by atoms with van der Waals surface area (Å²) < 4.78 is 1.56. The van der Waals surface area contributed by atoms with E-state index < -0.39 is 0 Å². The molecule has 7 heteroatoms. The van der Waals surface area contributed by atoms with Crippen LogP contribution in [0, 0.1) is 0 Å². The number of carbonyl (C=O) groups is 1. The van der Waals surface area contributed by atoms with Gasteiger partial charge >= 0.3 is 0 Å². The van der Waals surface area contributed by atoms with Crippen molar-refractivity contribution in [2.75, 3.05) is 11.9 Å². The summed E-state index contributed by atoms with van der Waals surface area (Å²) in [6.45, 7) is 0.904. The molecule has 0 saturated carbocycles. The third-order valence-electron chi connectivity index (χ3n) is 3.05. The number of nitrogens with zero attached hydrogens (tertiary/aromatic N) is 4. The summed E-state index contributed by atoms with van der Waals surface area (Å²) in [5.74, 6) is 0.655. The summed E-state index contributed by atoms with van der Waals surface area (Å²) in [6, 6.07) is 3.50. The van der Waals surface area contributed by atoms with Crippen LogP contribution in [-0.2, 0) is 4.79 Å². The van der Waals surface area contributed by atoms with Crippen LogP contribution in [0.3, 0.4) is 0 Å². The molecule has 1 aliphatic rings. The fourth-order valence-corrected chi connectivity index (χ4v) is 2.06. The molecule has 1 saturated heterocycles. The minimum atomic E-state index is -0.0880. The van der Waals surface area contributed by atoms with Crippen molar-refractivity contribution in [1.82, 2.24) is 25.1 Å². The second-order valence-electron chi connectivity index (χ2n) is 4.38. The Hall–Kier alpha value is -2.28. The number of hydrogen-bond acceptors (Lipinski definition) is 5. The average Bonchev–Trinajstić information content (AvgIpc) is 3.13. The van der Waals surface area contributed by atoms with Crippen LogP contribution in [0.25, 0.3) is 5.82 Å². The number of rotatable bonds is 3. The lowest BCUT2D eigenvalue weighted by atomic mass is 10.2. The topological polar surface area (TPSA) is 84.7 Å². The first-order chi connectivity index (χ1) is 9.33. The van der Waals surface area contributed by atoms with Gasteiger partial charge < -0.3 is 10.6 Å². The lowest BCUT2D eigenvalue weighted by Gasteiger charge is -2.10. The van der Waals surface area contributed by atoms with Crippen molar-refractivity contribution in [2.24, 2.45) is 0 Å². The molecule has 0 bridgehead atoms. The third-order valence-corrected chi connectivity index (χ3v) is 3.05. The average molecular weight is 258 g/mol. The highest BCUT2D eigenvalue weighted by Crippen LogP contribution is 2.11. The Morgan fingerprint density at radius 2 is 2.42 bits per heavy atom. The van der Waals surface area contributed by atoms with Gasteiger partial charge in [-0.25, -0.2) is 14.6 Å². The van der Waals surface area contributed by atoms with Crippen LogP contribution in [0.5, 0.6) is 0 Å². The van der Waals surface area contributed by atoms with Crippen LogP contribution in [-0.4, -0.2) is 38.2 Å². The van der Waals surface area contributed by atoms with Crippen LogP contribution in [0.4, 0.5) is 5.69 Å². The molecule has 0 radical (unpaired) electrons. The second-order valence-corrected chi connectivity index (χ2v) is 4.38. The molecular weight excluding hydrogens is 244 g/mol. The zero-order chi connectivity index (χ0) is 13.1. The Balaban J connectivity index is 1.67. The van der Waals surface area contributed by atoms with Crippen molar-refractivity contribution < 1.29 is 4.79 Å². The lowest BCUT2D eigenvalue weighted by molar-refractivity contribution is -0.117. The maximum atomic E-state index is 11.9. The lowest BCUT2D eigenvalue weighted by Crippen LogP contribution is -2.35. The number of pyridine rings is 1. The first kappa shape index (κ1) is 11.8. The Bertz CT molecular complexity index is 544. The molecule has 0 aliphatic carbocycles. The van der Waals surface area contributed by atoms with Gasteiger partial charge in [0.25, 0.3) is 0 Å². The molecule has 1 fully saturated rings. The first-order valence-corrected chi connectivity index (χ1v) is 6.18. The van der Waals surface area contributed by atoms with E-state index in [9.17, 15) is 4.79 Å². The van der Waals surface area contributed by atoms with E-state index in [1.165, 1.54) is 6.33 Å². The summed E-state index contributed by atoms with van der Waals surface area (Å²) in [7, 11) is 0. The van der Waals surface area contributed by atoms with E-state index in [2.05, 4.69) is 25.7 Å². The molecule has 1 unspecified atom stereocenters. The van der Waals surface area contributed by atoms with E-state index >= 15 is 0 Å². The predicted octanol–water partition coefficient (Wildman–Crippen LogP) is 0.353. The fraction of sp³-hybridized carbons (Fsp3) is 0.333. The number of aromatic nitrogens is 4. The molecule has 3 heterocycles. The van der Waals surface area contributed by atoms with Gasteiger partial charge in [0.05, 0.1) is 17.9 Å². The van der Waals surface area contributed by atoms with Crippen LogP contribution in [0.15, 0.2) is 31.0 Å². The van der Waals surface area contributed by atoms with Crippen LogP contribution in [0.1, 0.15) is 12.8 Å². The minimum absolute atomic E-state index is 0.00666. The smallest absolute Gasteiger partial charge is 0.241 e. The van der Waals surface area contributed by atoms with E-state index in [4.69, 9.17) is 0 Å². The molecule has 2 aromatic heterocycles. The summed E-state index contributed by atoms with van der Waals surface area (Å²) in [5, 5.41) is 9.99. The molecule has 2 N–H and O–H groups in total. The monoisotopic (exact) mass is 258 g/mol. The molecule has 3 rings (SSSR count). The molecule has 2 aromatic rings. The van der Waals surface area contributed by atoms with Gasteiger partial charge in [0.1, 0.15) is 12.7 Å². The standard InChI is InChI=1S/C12H14N6O/c19-12(10-2-1-5-14-10)17-9-3-4-11(15-6-9)18-8-13-7-16-18/h3-4,6-8,10,14H,1-2,5H2,(H,17,19). The number of carbonyl (C=O) groups excluding carboxylic acids is 1. The maximum absolute atomic E-state index is 11.9. The predicted molar refractivity (Wildman–Crippen MR) is 68.8 cm³/mol. The van der Waals surface area contributed by atoms with E-state index in [1.807, 2.05) is 0 Å². The van der Waals surface area contributed by atoms with E-state index in [1.54, 1.807) is 29.3 Å². The zero-order valence-electron chi connectivity index (χ0n) is 10.3. The van der Waals surface area contributed by atoms with Gasteiger partial charge in [-0.05, 0) is 31.5 Å². The minimum Gasteiger partial charge on any atom is -0.323 e. The molecule has 7 nitrogen and oxygen atoms in total. The summed E-state index contributed by atoms with van der Waals surface area (Å²) >= 11 is 0. The highest BCUT2D eigenvalue weighted by atomic mass is 16.2. The highest BCUT2D eigenvalue weighted by molar-refractivity contribution is 5.94. The van der Waals surface area contributed by atoms with Crippen LogP contribution < -0.4 is 10.6 Å². The van der Waals surface area contributed by atoms with Gasteiger partial charge in [-0.15, -0.1) is 0 Å². The van der Waals surface area contributed by atoms with Gasteiger partial charge in [0.2, 0.25) is 5.91 Å². The van der Waals surface area contributed by atoms with Crippen molar-refractivity contribution in [2.45, 2.75) is 18.9 Å². The summed E-state index contributed by atoms with van der Waals surface area (Å²) in [4.78, 5) is 20.0. The molecule has 1 atom stereocenters. The Labute approximate surface area is 110 Å². The number of nitrogens with one attached hydrogen (secondary N) is 2. The second kappa shape index (κ2) is 5.15. The van der Waals surface area contributed by atoms with Crippen molar-refractivity contribution >= 4 is 11.6 Å². The van der Waals surface area contributed by atoms with Crippen molar-refractivity contribution in [3.63, 3.8) is 0 Å². The van der Waals surface area contributed by atoms with Gasteiger partial charge in [-0.2, -0.15) is 5.10 Å². The highest BCUT2D eigenvalue weighted by Gasteiger charge is 2.21. The van der Waals surface area contributed by atoms with Gasteiger partial charge in [-0.3, -0.25) is 4.79 Å². The van der Waals surface area contributed by atoms with Crippen molar-refractivity contribution in [3.05, 3.63) is 31.0 Å². The molecule has 1 amide bonds. The third kappa shape index (κ3) is 2.60. The van der Waals surface area contributed by atoms with Crippen molar-refractivity contribution in [1.29, 1.82) is 0 Å².